The van der Waals surface area contributed by atoms with Crippen molar-refractivity contribution >= 4 is 6.09 Å². The summed E-state index contributed by atoms with van der Waals surface area (Å²) in [6, 6.07) is 4.22. The molecule has 0 aliphatic carbocycles. The molecule has 2 rings (SSSR count). The van der Waals surface area contributed by atoms with E-state index < -0.39 is 5.60 Å². The van der Waals surface area contributed by atoms with Crippen LogP contribution in [0.15, 0.2) is 24.5 Å². The number of nitrogens with zero attached hydrogens (tertiary/aromatic N) is 2. The lowest BCUT2D eigenvalue weighted by atomic mass is 9.70. The molecule has 152 valence electrons. The molecule has 0 radical (unpaired) electrons. The lowest BCUT2D eigenvalue weighted by Gasteiger charge is -2.42. The van der Waals surface area contributed by atoms with Gasteiger partial charge in [0.15, 0.2) is 0 Å². The first kappa shape index (κ1) is 21.7. The molecule has 1 fully saturated rings. The van der Waals surface area contributed by atoms with Gasteiger partial charge in [-0.1, -0.05) is 19.4 Å². The Kier molecular flexibility index (Phi) is 8.08. The second-order valence-corrected chi connectivity index (χ2v) is 8.70. The standard InChI is InChI=1S/C22H37N3O2/c1-5-6-13-23-15-8-10-22(19-9-7-14-24-18-19)11-16-25(17-12-22)20(26)27-21(2,3)4/h7,9,14,18,23H,5-6,8,10-13,15-17H2,1-4H3. The number of rotatable bonds is 8. The van der Waals surface area contributed by atoms with E-state index in [2.05, 4.69) is 23.3 Å². The van der Waals surface area contributed by atoms with Crippen molar-refractivity contribution in [1.82, 2.24) is 15.2 Å². The summed E-state index contributed by atoms with van der Waals surface area (Å²) in [5.74, 6) is 0. The van der Waals surface area contributed by atoms with Crippen molar-refractivity contribution in [3.05, 3.63) is 30.1 Å². The third-order valence-corrected chi connectivity index (χ3v) is 5.36. The molecule has 1 aromatic rings. The van der Waals surface area contributed by atoms with Gasteiger partial charge < -0.3 is 15.0 Å². The van der Waals surface area contributed by atoms with E-state index in [1.165, 1.54) is 18.4 Å². The molecule has 0 saturated carbocycles. The molecule has 0 aromatic carbocycles. The third kappa shape index (κ3) is 6.80. The number of aromatic nitrogens is 1. The molecule has 0 bridgehead atoms. The zero-order valence-corrected chi connectivity index (χ0v) is 17.6. The molecule has 1 amide bonds. The fourth-order valence-corrected chi connectivity index (χ4v) is 3.78. The number of pyridine rings is 1. The molecule has 0 unspecified atom stereocenters. The second-order valence-electron chi connectivity index (χ2n) is 8.70. The first-order valence-electron chi connectivity index (χ1n) is 10.5. The number of unbranched alkanes of at least 4 members (excludes halogenated alkanes) is 1. The summed E-state index contributed by atoms with van der Waals surface area (Å²) in [5.41, 5.74) is 0.973. The highest BCUT2D eigenvalue weighted by molar-refractivity contribution is 5.68. The summed E-state index contributed by atoms with van der Waals surface area (Å²) >= 11 is 0. The predicted molar refractivity (Wildman–Crippen MR) is 110 cm³/mol. The van der Waals surface area contributed by atoms with Gasteiger partial charge in [0.2, 0.25) is 0 Å². The maximum Gasteiger partial charge on any atom is 0.410 e. The molecule has 0 spiro atoms. The van der Waals surface area contributed by atoms with Gasteiger partial charge in [0.05, 0.1) is 0 Å². The molecule has 1 aliphatic heterocycles. The van der Waals surface area contributed by atoms with Crippen molar-refractivity contribution in [1.29, 1.82) is 0 Å². The van der Waals surface area contributed by atoms with E-state index in [9.17, 15) is 4.79 Å². The van der Waals surface area contributed by atoms with Crippen molar-refractivity contribution < 1.29 is 9.53 Å². The maximum atomic E-state index is 12.4. The minimum Gasteiger partial charge on any atom is -0.444 e. The fraction of sp³-hybridized carbons (Fsp3) is 0.727. The summed E-state index contributed by atoms with van der Waals surface area (Å²) in [5, 5.41) is 3.55. The van der Waals surface area contributed by atoms with Gasteiger partial charge in [-0.2, -0.15) is 0 Å². The first-order chi connectivity index (χ1) is 12.9. The molecule has 1 saturated heterocycles. The Morgan fingerprint density at radius 3 is 2.56 bits per heavy atom. The Morgan fingerprint density at radius 1 is 1.26 bits per heavy atom. The van der Waals surface area contributed by atoms with Crippen LogP contribution in [0.5, 0.6) is 0 Å². The number of likely N-dealkylation sites (tertiary alicyclic amines) is 1. The van der Waals surface area contributed by atoms with Crippen LogP contribution in [0.3, 0.4) is 0 Å². The number of carbonyl (C=O) groups excluding carboxylic acids is 1. The van der Waals surface area contributed by atoms with Gasteiger partial charge in [0, 0.05) is 30.9 Å². The molecule has 5 heteroatoms. The Morgan fingerprint density at radius 2 is 1.96 bits per heavy atom. The van der Waals surface area contributed by atoms with Gasteiger partial charge in [0.25, 0.3) is 0 Å². The van der Waals surface area contributed by atoms with E-state index in [1.54, 1.807) is 0 Å². The Hall–Kier alpha value is -1.62. The van der Waals surface area contributed by atoms with Gasteiger partial charge in [-0.15, -0.1) is 0 Å². The highest BCUT2D eigenvalue weighted by Gasteiger charge is 2.38. The molecule has 5 nitrogen and oxygen atoms in total. The van der Waals surface area contributed by atoms with Crippen molar-refractivity contribution in [2.24, 2.45) is 0 Å². The summed E-state index contributed by atoms with van der Waals surface area (Å²) < 4.78 is 5.55. The van der Waals surface area contributed by atoms with E-state index in [-0.39, 0.29) is 11.5 Å². The van der Waals surface area contributed by atoms with Gasteiger partial charge in [-0.25, -0.2) is 4.79 Å². The highest BCUT2D eigenvalue weighted by atomic mass is 16.6. The Bertz CT molecular complexity index is 561. The van der Waals surface area contributed by atoms with Crippen molar-refractivity contribution in [2.75, 3.05) is 26.2 Å². The molecular formula is C22H37N3O2. The molecule has 1 aromatic heterocycles. The number of carbonyl (C=O) groups is 1. The van der Waals surface area contributed by atoms with Gasteiger partial charge in [-0.3, -0.25) is 4.98 Å². The van der Waals surface area contributed by atoms with Crippen LogP contribution in [0.2, 0.25) is 0 Å². The monoisotopic (exact) mass is 375 g/mol. The van der Waals surface area contributed by atoms with Crippen LogP contribution in [0.4, 0.5) is 4.79 Å². The zero-order valence-electron chi connectivity index (χ0n) is 17.6. The molecular weight excluding hydrogens is 338 g/mol. The summed E-state index contributed by atoms with van der Waals surface area (Å²) in [6.45, 7) is 11.6. The highest BCUT2D eigenvalue weighted by Crippen LogP contribution is 2.39. The van der Waals surface area contributed by atoms with E-state index in [1.807, 2.05) is 44.1 Å². The minimum atomic E-state index is -0.445. The van der Waals surface area contributed by atoms with E-state index in [4.69, 9.17) is 4.74 Å². The molecule has 1 N–H and O–H groups in total. The lowest BCUT2D eigenvalue weighted by Crippen LogP contribution is -2.47. The third-order valence-electron chi connectivity index (χ3n) is 5.36. The van der Waals surface area contributed by atoms with Crippen molar-refractivity contribution in [2.45, 2.75) is 77.2 Å². The number of ether oxygens (including phenoxy) is 1. The summed E-state index contributed by atoms with van der Waals surface area (Å²) in [4.78, 5) is 18.6. The minimum absolute atomic E-state index is 0.110. The van der Waals surface area contributed by atoms with E-state index in [0.29, 0.717) is 0 Å². The molecule has 1 aliphatic rings. The van der Waals surface area contributed by atoms with Crippen molar-refractivity contribution in [3.8, 4) is 0 Å². The van der Waals surface area contributed by atoms with Crippen LogP contribution in [0, 0.1) is 0 Å². The maximum absolute atomic E-state index is 12.4. The van der Waals surface area contributed by atoms with Gasteiger partial charge in [-0.05, 0) is 77.6 Å². The summed E-state index contributed by atoms with van der Waals surface area (Å²) in [7, 11) is 0. The number of hydrogen-bond donors (Lipinski definition) is 1. The molecule has 27 heavy (non-hydrogen) atoms. The van der Waals surface area contributed by atoms with Gasteiger partial charge in [0.1, 0.15) is 5.60 Å². The fourth-order valence-electron chi connectivity index (χ4n) is 3.78. The topological polar surface area (TPSA) is 54.5 Å². The first-order valence-corrected chi connectivity index (χ1v) is 10.5. The predicted octanol–water partition coefficient (Wildman–Crippen LogP) is 4.52. The molecule has 2 heterocycles. The number of hydrogen-bond acceptors (Lipinski definition) is 4. The largest absolute Gasteiger partial charge is 0.444 e. The zero-order chi connectivity index (χ0) is 19.8. The van der Waals surface area contributed by atoms with Crippen molar-refractivity contribution in [3.63, 3.8) is 0 Å². The number of piperidine rings is 1. The Balaban J connectivity index is 1.96. The van der Waals surface area contributed by atoms with Crippen LogP contribution in [-0.4, -0.2) is 47.8 Å². The van der Waals surface area contributed by atoms with Gasteiger partial charge >= 0.3 is 6.09 Å². The molecule has 0 atom stereocenters. The quantitative estimate of drug-likeness (QED) is 0.679. The second kappa shape index (κ2) is 10.1. The average Bonchev–Trinajstić information content (AvgIpc) is 2.64. The van der Waals surface area contributed by atoms with E-state index in [0.717, 1.165) is 51.9 Å². The number of amides is 1. The number of nitrogens with one attached hydrogen (secondary N) is 1. The Labute approximate surface area is 164 Å². The smallest absolute Gasteiger partial charge is 0.410 e. The normalized spacial score (nSPS) is 17.0. The average molecular weight is 376 g/mol. The SMILES string of the molecule is CCCCNCCCC1(c2cccnc2)CCN(C(=O)OC(C)(C)C)CC1. The van der Waals surface area contributed by atoms with E-state index >= 15 is 0 Å². The van der Waals surface area contributed by atoms with Crippen LogP contribution in [0.25, 0.3) is 0 Å². The van der Waals surface area contributed by atoms with Crippen LogP contribution >= 0.6 is 0 Å². The lowest BCUT2D eigenvalue weighted by molar-refractivity contribution is 0.0157. The summed E-state index contributed by atoms with van der Waals surface area (Å²) in [6.07, 6.45) is 10.3. The van der Waals surface area contributed by atoms with Crippen LogP contribution in [0.1, 0.15) is 71.8 Å². The van der Waals surface area contributed by atoms with Crippen LogP contribution in [-0.2, 0) is 10.2 Å². The van der Waals surface area contributed by atoms with Crippen LogP contribution < -0.4 is 5.32 Å².